The summed E-state index contributed by atoms with van der Waals surface area (Å²) in [6, 6.07) is 13.9. The van der Waals surface area contributed by atoms with Gasteiger partial charge in [0.15, 0.2) is 0 Å². The van der Waals surface area contributed by atoms with Gasteiger partial charge in [-0.05, 0) is 48.2 Å². The van der Waals surface area contributed by atoms with Gasteiger partial charge in [0, 0.05) is 31.6 Å². The first-order valence-electron chi connectivity index (χ1n) is 10.1. The van der Waals surface area contributed by atoms with Crippen molar-refractivity contribution in [2.45, 2.75) is 29.8 Å². The zero-order chi connectivity index (χ0) is 21.2. The number of carbonyl (C=O) groups excluding carboxylic acids is 1. The highest BCUT2D eigenvalue weighted by atomic mass is 32.2. The predicted molar refractivity (Wildman–Crippen MR) is 112 cm³/mol. The third-order valence-electron chi connectivity index (χ3n) is 5.80. The highest BCUT2D eigenvalue weighted by Gasteiger charge is 2.32. The lowest BCUT2D eigenvalue weighted by Crippen LogP contribution is -2.46. The highest BCUT2D eigenvalue weighted by Crippen LogP contribution is 2.28. The Morgan fingerprint density at radius 1 is 1.07 bits per heavy atom. The van der Waals surface area contributed by atoms with Crippen LogP contribution in [0.3, 0.4) is 0 Å². The maximum absolute atomic E-state index is 12.7. The number of morpholine rings is 1. The van der Waals surface area contributed by atoms with Crippen molar-refractivity contribution in [3.8, 4) is 0 Å². The molecule has 30 heavy (non-hydrogen) atoms. The third kappa shape index (κ3) is 4.41. The lowest BCUT2D eigenvalue weighted by atomic mass is 9.80. The monoisotopic (exact) mass is 430 g/mol. The van der Waals surface area contributed by atoms with Gasteiger partial charge in [-0.2, -0.15) is 4.31 Å². The van der Waals surface area contributed by atoms with Crippen LogP contribution in [0.4, 0.5) is 0 Å². The summed E-state index contributed by atoms with van der Waals surface area (Å²) in [4.78, 5) is 12.7. The number of rotatable bonds is 5. The average Bonchev–Trinajstić information content (AvgIpc) is 2.78. The Morgan fingerprint density at radius 2 is 1.73 bits per heavy atom. The smallest absolute Gasteiger partial charge is 0.251 e. The van der Waals surface area contributed by atoms with Crippen LogP contribution in [-0.2, 0) is 27.6 Å². The molecule has 2 aromatic rings. The van der Waals surface area contributed by atoms with Crippen LogP contribution in [0.1, 0.15) is 27.9 Å². The molecule has 1 atom stereocenters. The van der Waals surface area contributed by atoms with Crippen molar-refractivity contribution in [1.29, 1.82) is 0 Å². The maximum atomic E-state index is 12.7. The standard InChI is InChI=1S/C22H26N2O5S/c25-21(23-16-22(26)10-9-17-3-1-2-4-19(17)15-22)18-5-7-20(8-6-18)30(27,28)24-11-13-29-14-12-24/h1-8,26H,9-16H2,(H,23,25). The van der Waals surface area contributed by atoms with Gasteiger partial charge in [-0.15, -0.1) is 0 Å². The Bertz CT molecular complexity index is 1020. The van der Waals surface area contributed by atoms with Gasteiger partial charge in [-0.3, -0.25) is 4.79 Å². The molecule has 1 heterocycles. The van der Waals surface area contributed by atoms with E-state index in [9.17, 15) is 18.3 Å². The normalized spacial score (nSPS) is 22.3. The molecule has 0 radical (unpaired) electrons. The molecule has 1 aliphatic carbocycles. The van der Waals surface area contributed by atoms with Crippen molar-refractivity contribution in [2.24, 2.45) is 0 Å². The van der Waals surface area contributed by atoms with E-state index in [2.05, 4.69) is 11.4 Å². The van der Waals surface area contributed by atoms with E-state index in [4.69, 9.17) is 4.74 Å². The average molecular weight is 431 g/mol. The maximum Gasteiger partial charge on any atom is 0.251 e. The largest absolute Gasteiger partial charge is 0.388 e. The summed E-state index contributed by atoms with van der Waals surface area (Å²) in [7, 11) is -3.59. The van der Waals surface area contributed by atoms with Crippen molar-refractivity contribution >= 4 is 15.9 Å². The summed E-state index contributed by atoms with van der Waals surface area (Å²) in [6.07, 6.45) is 1.86. The molecule has 2 aromatic carbocycles. The summed E-state index contributed by atoms with van der Waals surface area (Å²) >= 11 is 0. The molecular formula is C22H26N2O5S. The Labute approximate surface area is 176 Å². The van der Waals surface area contributed by atoms with Crippen LogP contribution in [0, 0.1) is 0 Å². The van der Waals surface area contributed by atoms with E-state index in [0.29, 0.717) is 44.7 Å². The molecule has 7 nitrogen and oxygen atoms in total. The molecule has 1 saturated heterocycles. The van der Waals surface area contributed by atoms with E-state index in [0.717, 1.165) is 12.0 Å². The van der Waals surface area contributed by atoms with E-state index in [1.54, 1.807) is 0 Å². The Balaban J connectivity index is 1.38. The molecule has 160 valence electrons. The van der Waals surface area contributed by atoms with Crippen molar-refractivity contribution in [1.82, 2.24) is 9.62 Å². The minimum Gasteiger partial charge on any atom is -0.388 e. The van der Waals surface area contributed by atoms with Gasteiger partial charge in [0.1, 0.15) is 0 Å². The van der Waals surface area contributed by atoms with Gasteiger partial charge in [0.05, 0.1) is 23.7 Å². The first-order valence-corrected chi connectivity index (χ1v) is 11.6. The van der Waals surface area contributed by atoms with Gasteiger partial charge in [-0.1, -0.05) is 24.3 Å². The SMILES string of the molecule is O=C(NCC1(O)CCc2ccccc2C1)c1ccc(S(=O)(=O)N2CCOCC2)cc1. The number of fused-ring (bicyclic) bond motifs is 1. The number of hydrogen-bond donors (Lipinski definition) is 2. The van der Waals surface area contributed by atoms with Crippen molar-refractivity contribution in [3.63, 3.8) is 0 Å². The van der Waals surface area contributed by atoms with Gasteiger partial charge in [-0.25, -0.2) is 8.42 Å². The van der Waals surface area contributed by atoms with Crippen molar-refractivity contribution in [2.75, 3.05) is 32.8 Å². The van der Waals surface area contributed by atoms with Crippen LogP contribution in [0.15, 0.2) is 53.4 Å². The van der Waals surface area contributed by atoms with E-state index in [1.165, 1.54) is 34.1 Å². The van der Waals surface area contributed by atoms with Gasteiger partial charge in [0.2, 0.25) is 10.0 Å². The number of amides is 1. The zero-order valence-corrected chi connectivity index (χ0v) is 17.5. The van der Waals surface area contributed by atoms with E-state index in [1.807, 2.05) is 18.2 Å². The molecule has 1 aliphatic heterocycles. The Hall–Kier alpha value is -2.26. The fourth-order valence-corrected chi connectivity index (χ4v) is 5.40. The van der Waals surface area contributed by atoms with E-state index >= 15 is 0 Å². The summed E-state index contributed by atoms with van der Waals surface area (Å²) in [6.45, 7) is 1.56. The van der Waals surface area contributed by atoms with Crippen molar-refractivity contribution < 1.29 is 23.1 Å². The topological polar surface area (TPSA) is 95.9 Å². The number of nitrogens with zero attached hydrogens (tertiary/aromatic N) is 1. The summed E-state index contributed by atoms with van der Waals surface area (Å²) < 4.78 is 32.0. The number of nitrogens with one attached hydrogen (secondary N) is 1. The molecule has 0 saturated carbocycles. The molecule has 2 N–H and O–H groups in total. The second-order valence-corrected chi connectivity index (χ2v) is 9.83. The van der Waals surface area contributed by atoms with E-state index < -0.39 is 15.6 Å². The number of aryl methyl sites for hydroxylation is 1. The number of carbonyl (C=O) groups is 1. The minimum atomic E-state index is -3.59. The second kappa shape index (κ2) is 8.47. The summed E-state index contributed by atoms with van der Waals surface area (Å²) in [5.41, 5.74) is 1.73. The first-order chi connectivity index (χ1) is 14.4. The van der Waals surface area contributed by atoms with Crippen LogP contribution < -0.4 is 5.32 Å². The molecular weight excluding hydrogens is 404 g/mol. The molecule has 1 unspecified atom stereocenters. The molecule has 2 aliphatic rings. The van der Waals surface area contributed by atoms with Gasteiger partial charge in [0.25, 0.3) is 5.91 Å². The number of benzene rings is 2. The zero-order valence-electron chi connectivity index (χ0n) is 16.7. The molecule has 1 amide bonds. The molecule has 1 fully saturated rings. The van der Waals surface area contributed by atoms with Crippen LogP contribution in [0.5, 0.6) is 0 Å². The molecule has 8 heteroatoms. The Morgan fingerprint density at radius 3 is 2.43 bits per heavy atom. The third-order valence-corrected chi connectivity index (χ3v) is 7.71. The fraction of sp³-hybridized carbons (Fsp3) is 0.409. The number of hydrogen-bond acceptors (Lipinski definition) is 5. The second-order valence-electron chi connectivity index (χ2n) is 7.89. The lowest BCUT2D eigenvalue weighted by Gasteiger charge is -2.33. The minimum absolute atomic E-state index is 0.147. The predicted octanol–water partition coefficient (Wildman–Crippen LogP) is 1.36. The number of ether oxygens (including phenoxy) is 1. The number of aliphatic hydroxyl groups is 1. The molecule has 0 aromatic heterocycles. The highest BCUT2D eigenvalue weighted by molar-refractivity contribution is 7.89. The number of sulfonamides is 1. The molecule has 0 bridgehead atoms. The Kier molecular flexibility index (Phi) is 5.92. The fourth-order valence-electron chi connectivity index (χ4n) is 4.00. The van der Waals surface area contributed by atoms with E-state index in [-0.39, 0.29) is 17.3 Å². The van der Waals surface area contributed by atoms with Crippen LogP contribution in [0.25, 0.3) is 0 Å². The van der Waals surface area contributed by atoms with Crippen LogP contribution in [-0.4, -0.2) is 62.2 Å². The van der Waals surface area contributed by atoms with Gasteiger partial charge >= 0.3 is 0 Å². The molecule has 4 rings (SSSR count). The van der Waals surface area contributed by atoms with Crippen LogP contribution in [0.2, 0.25) is 0 Å². The van der Waals surface area contributed by atoms with Crippen LogP contribution >= 0.6 is 0 Å². The van der Waals surface area contributed by atoms with Gasteiger partial charge < -0.3 is 15.2 Å². The quantitative estimate of drug-likeness (QED) is 0.747. The summed E-state index contributed by atoms with van der Waals surface area (Å²) in [5, 5.41) is 13.7. The molecule has 0 spiro atoms. The van der Waals surface area contributed by atoms with Crippen molar-refractivity contribution in [3.05, 3.63) is 65.2 Å². The summed E-state index contributed by atoms with van der Waals surface area (Å²) in [5.74, 6) is -0.336. The first kappa shape index (κ1) is 21.0. The lowest BCUT2D eigenvalue weighted by molar-refractivity contribution is 0.0260.